The Bertz CT molecular complexity index is 1620. The van der Waals surface area contributed by atoms with Crippen molar-refractivity contribution in [3.8, 4) is 11.1 Å². The lowest BCUT2D eigenvalue weighted by molar-refractivity contribution is -0.276. The number of esters is 2. The topological polar surface area (TPSA) is 124 Å². The summed E-state index contributed by atoms with van der Waals surface area (Å²) in [4.78, 5) is 39.1. The van der Waals surface area contributed by atoms with Crippen LogP contribution in [0.5, 0.6) is 0 Å². The number of carbonyl (C=O) groups excluding carboxylic acids is 3. The van der Waals surface area contributed by atoms with Gasteiger partial charge < -0.3 is 29.4 Å². The molecule has 2 N–H and O–H groups in total. The van der Waals surface area contributed by atoms with E-state index in [9.17, 15) is 19.5 Å². The third-order valence-corrected chi connectivity index (χ3v) is 9.26. The van der Waals surface area contributed by atoms with Crippen LogP contribution in [-0.4, -0.2) is 64.8 Å². The van der Waals surface area contributed by atoms with Crippen molar-refractivity contribution in [1.82, 2.24) is 10.2 Å². The van der Waals surface area contributed by atoms with Crippen LogP contribution < -0.4 is 5.32 Å². The number of carbonyl (C=O) groups is 3. The standard InChI is InChI=1S/C40H50N2O8/c1-25-35(23-42-21-9-12-34(42)38(46)50-40(4,5)6)48-39(49-36(25)30-15-13-28(24-43)14-16-30)31-19-17-29(18-20-31)33-11-8-7-10-32(33)22-41-37(45)26(2)47-27(3)44/h7-8,10-11,13-20,25-26,34-36,39,43H,9,12,21-24H2,1-6H3,(H,41,45)/t25-,26+,34+,35+,36+,39+/m1/s1. The number of rotatable bonds is 11. The molecule has 0 aliphatic carbocycles. The molecule has 6 atom stereocenters. The van der Waals surface area contributed by atoms with Gasteiger partial charge in [0.15, 0.2) is 12.4 Å². The highest BCUT2D eigenvalue weighted by Gasteiger charge is 2.42. The zero-order valence-electron chi connectivity index (χ0n) is 29.9. The molecule has 268 valence electrons. The molecule has 0 spiro atoms. The molecule has 0 unspecified atom stereocenters. The van der Waals surface area contributed by atoms with Crippen LogP contribution in [0.25, 0.3) is 11.1 Å². The summed E-state index contributed by atoms with van der Waals surface area (Å²) in [5, 5.41) is 12.5. The van der Waals surface area contributed by atoms with Gasteiger partial charge in [0, 0.05) is 31.5 Å². The number of aliphatic hydroxyl groups excluding tert-OH is 1. The van der Waals surface area contributed by atoms with E-state index in [0.717, 1.165) is 52.8 Å². The molecule has 10 nitrogen and oxygen atoms in total. The minimum Gasteiger partial charge on any atom is -0.459 e. The molecule has 2 aliphatic rings. The molecule has 10 heteroatoms. The van der Waals surface area contributed by atoms with Crippen LogP contribution in [-0.2, 0) is 46.5 Å². The Morgan fingerprint density at radius 2 is 1.66 bits per heavy atom. The lowest BCUT2D eigenvalue weighted by atomic mass is 9.89. The van der Waals surface area contributed by atoms with E-state index in [0.29, 0.717) is 6.54 Å². The van der Waals surface area contributed by atoms with Gasteiger partial charge in [-0.3, -0.25) is 19.3 Å². The maximum absolute atomic E-state index is 13.2. The zero-order chi connectivity index (χ0) is 36.0. The number of likely N-dealkylation sites (tertiary alicyclic amines) is 1. The number of amides is 1. The normalized spacial score (nSPS) is 23.2. The molecule has 0 aromatic heterocycles. The average molecular weight is 687 g/mol. The van der Waals surface area contributed by atoms with Crippen LogP contribution in [0.1, 0.15) is 89.0 Å². The highest BCUT2D eigenvalue weighted by molar-refractivity contribution is 5.83. The van der Waals surface area contributed by atoms with Crippen molar-refractivity contribution in [2.75, 3.05) is 13.1 Å². The predicted octanol–water partition coefficient (Wildman–Crippen LogP) is 6.01. The molecule has 3 aromatic carbocycles. The van der Waals surface area contributed by atoms with Crippen LogP contribution in [0, 0.1) is 5.92 Å². The molecule has 0 bridgehead atoms. The first-order valence-corrected chi connectivity index (χ1v) is 17.4. The summed E-state index contributed by atoms with van der Waals surface area (Å²) in [6.07, 6.45) is -0.404. The van der Waals surface area contributed by atoms with Crippen molar-refractivity contribution in [2.24, 2.45) is 5.92 Å². The molecule has 50 heavy (non-hydrogen) atoms. The fourth-order valence-electron chi connectivity index (χ4n) is 6.65. The maximum Gasteiger partial charge on any atom is 0.323 e. The van der Waals surface area contributed by atoms with Crippen molar-refractivity contribution in [3.05, 3.63) is 95.1 Å². The number of nitrogens with zero attached hydrogens (tertiary/aromatic N) is 1. The van der Waals surface area contributed by atoms with Gasteiger partial charge in [-0.15, -0.1) is 0 Å². The zero-order valence-corrected chi connectivity index (χ0v) is 29.9. The van der Waals surface area contributed by atoms with Gasteiger partial charge in [-0.25, -0.2) is 0 Å². The van der Waals surface area contributed by atoms with Crippen LogP contribution in [0.4, 0.5) is 0 Å². The number of nitrogens with one attached hydrogen (secondary N) is 1. The van der Waals surface area contributed by atoms with E-state index in [2.05, 4.69) is 17.1 Å². The van der Waals surface area contributed by atoms with Crippen molar-refractivity contribution >= 4 is 17.8 Å². The van der Waals surface area contributed by atoms with Crippen LogP contribution >= 0.6 is 0 Å². The first kappa shape index (κ1) is 37.2. The van der Waals surface area contributed by atoms with E-state index in [1.165, 1.54) is 6.92 Å². The third kappa shape index (κ3) is 9.37. The van der Waals surface area contributed by atoms with E-state index < -0.39 is 24.0 Å². The smallest absolute Gasteiger partial charge is 0.323 e. The Balaban J connectivity index is 1.36. The Labute approximate surface area is 295 Å². The fourth-order valence-corrected chi connectivity index (χ4v) is 6.65. The highest BCUT2D eigenvalue weighted by Crippen LogP contribution is 2.43. The molecule has 1 amide bonds. The molecule has 2 saturated heterocycles. The van der Waals surface area contributed by atoms with Gasteiger partial charge in [-0.05, 0) is 74.9 Å². The number of aliphatic hydroxyl groups is 1. The molecular weight excluding hydrogens is 636 g/mol. The van der Waals surface area contributed by atoms with E-state index in [1.54, 1.807) is 6.92 Å². The minimum absolute atomic E-state index is 0.0314. The van der Waals surface area contributed by atoms with Gasteiger partial charge in [0.1, 0.15) is 11.6 Å². The number of hydrogen-bond donors (Lipinski definition) is 2. The van der Waals surface area contributed by atoms with Gasteiger partial charge in [-0.1, -0.05) is 79.7 Å². The van der Waals surface area contributed by atoms with Crippen LogP contribution in [0.3, 0.4) is 0 Å². The minimum atomic E-state index is -0.883. The van der Waals surface area contributed by atoms with Crippen LogP contribution in [0.2, 0.25) is 0 Å². The molecule has 2 aliphatic heterocycles. The monoisotopic (exact) mass is 686 g/mol. The quantitative estimate of drug-likeness (QED) is 0.234. The SMILES string of the molecule is CC(=O)O[C@@H](C)C(=O)NCc1ccccc1-c1ccc([C@H]2O[C@@H](CN3CCC[C@H]3C(=O)OC(C)(C)C)[C@@H](C)[C@@H](c3ccc(CO)cc3)O2)cc1. The molecule has 3 aromatic rings. The van der Waals surface area contributed by atoms with Gasteiger partial charge in [0.2, 0.25) is 0 Å². The summed E-state index contributed by atoms with van der Waals surface area (Å²) < 4.78 is 24.2. The van der Waals surface area contributed by atoms with Crippen molar-refractivity contribution < 1.29 is 38.4 Å². The fraction of sp³-hybridized carbons (Fsp3) is 0.475. The van der Waals surface area contributed by atoms with Gasteiger partial charge in [-0.2, -0.15) is 0 Å². The largest absolute Gasteiger partial charge is 0.459 e. The summed E-state index contributed by atoms with van der Waals surface area (Å²) >= 11 is 0. The Hall–Kier alpha value is -4.09. The van der Waals surface area contributed by atoms with Crippen molar-refractivity contribution in [1.29, 1.82) is 0 Å². The van der Waals surface area contributed by atoms with Gasteiger partial charge in [0.25, 0.3) is 5.91 Å². The second kappa shape index (κ2) is 16.3. The first-order chi connectivity index (χ1) is 23.8. The van der Waals surface area contributed by atoms with Crippen LogP contribution in [0.15, 0.2) is 72.8 Å². The summed E-state index contributed by atoms with van der Waals surface area (Å²) in [5.41, 5.74) is 4.95. The molecular formula is C40H50N2O8. The predicted molar refractivity (Wildman–Crippen MR) is 188 cm³/mol. The number of benzene rings is 3. The maximum atomic E-state index is 13.2. The Morgan fingerprint density at radius 1 is 0.980 bits per heavy atom. The summed E-state index contributed by atoms with van der Waals surface area (Å²) in [5.74, 6) is -1.10. The Morgan fingerprint density at radius 3 is 2.32 bits per heavy atom. The molecule has 5 rings (SSSR count). The highest BCUT2D eigenvalue weighted by atomic mass is 16.7. The average Bonchev–Trinajstić information content (AvgIpc) is 3.56. The second-order valence-electron chi connectivity index (χ2n) is 14.3. The lowest BCUT2D eigenvalue weighted by Gasteiger charge is -2.43. The summed E-state index contributed by atoms with van der Waals surface area (Å²) in [6, 6.07) is 23.3. The van der Waals surface area contributed by atoms with E-state index in [1.807, 2.05) is 93.6 Å². The van der Waals surface area contributed by atoms with Gasteiger partial charge in [0.05, 0.1) is 18.8 Å². The number of ether oxygens (including phenoxy) is 4. The first-order valence-electron chi connectivity index (χ1n) is 17.4. The van der Waals surface area contributed by atoms with Crippen molar-refractivity contribution in [3.63, 3.8) is 0 Å². The number of hydrogen-bond acceptors (Lipinski definition) is 9. The lowest BCUT2D eigenvalue weighted by Crippen LogP contribution is -2.48. The van der Waals surface area contributed by atoms with E-state index in [-0.39, 0.29) is 49.2 Å². The van der Waals surface area contributed by atoms with E-state index in [4.69, 9.17) is 18.9 Å². The summed E-state index contributed by atoms with van der Waals surface area (Å²) in [7, 11) is 0. The van der Waals surface area contributed by atoms with E-state index >= 15 is 0 Å². The molecule has 0 radical (unpaired) electrons. The molecule has 2 heterocycles. The third-order valence-electron chi connectivity index (χ3n) is 9.26. The van der Waals surface area contributed by atoms with Gasteiger partial charge >= 0.3 is 11.9 Å². The van der Waals surface area contributed by atoms with Crippen molar-refractivity contribution in [2.45, 2.75) is 104 Å². The Kier molecular flexibility index (Phi) is 12.1. The molecule has 0 saturated carbocycles. The molecule has 2 fully saturated rings. The second-order valence-corrected chi connectivity index (χ2v) is 14.3. The summed E-state index contributed by atoms with van der Waals surface area (Å²) in [6.45, 7) is 12.2.